The molecule has 1 atom stereocenters. The van der Waals surface area contributed by atoms with Crippen LogP contribution >= 0.6 is 15.9 Å². The van der Waals surface area contributed by atoms with Crippen LogP contribution in [0.25, 0.3) is 33.2 Å². The lowest BCUT2D eigenvalue weighted by molar-refractivity contribution is -0.248. The number of fused-ring (bicyclic) bond motifs is 2. The minimum Gasteiger partial charge on any atom is -0.372 e. The Morgan fingerprint density at radius 3 is 1.65 bits per heavy atom. The van der Waals surface area contributed by atoms with E-state index in [1.165, 1.54) is 88.5 Å². The van der Waals surface area contributed by atoms with E-state index in [1.54, 1.807) is 23.0 Å². The summed E-state index contributed by atoms with van der Waals surface area (Å²) in [7, 11) is 0. The maximum absolute atomic E-state index is 14.2. The fraction of sp³-hybridized carbons (Fsp3) is 0.114. The second kappa shape index (κ2) is 18.9. The molecular weight excluding hydrogens is 932 g/mol. The van der Waals surface area contributed by atoms with Gasteiger partial charge >= 0.3 is 12.4 Å². The summed E-state index contributed by atoms with van der Waals surface area (Å²) in [6.07, 6.45) is -1.51. The van der Waals surface area contributed by atoms with Gasteiger partial charge in [0.1, 0.15) is 23.8 Å². The first kappa shape index (κ1) is 46.7. The molecule has 0 aliphatic carbocycles. The van der Waals surface area contributed by atoms with E-state index in [9.17, 15) is 50.3 Å². The maximum Gasteiger partial charge on any atom is 0.454 e. The second-order valence-electron chi connectivity index (χ2n) is 13.6. The number of rotatable bonds is 9. The Balaban J connectivity index is 0.000000182. The number of allylic oxidation sites excluding steroid dienone is 2. The Bertz CT molecular complexity index is 3120. The van der Waals surface area contributed by atoms with Crippen molar-refractivity contribution in [3.05, 3.63) is 179 Å². The molecule has 0 spiro atoms. The minimum atomic E-state index is -5.15. The third kappa shape index (κ3) is 9.91. The van der Waals surface area contributed by atoms with Gasteiger partial charge in [-0.05, 0) is 100 Å². The van der Waals surface area contributed by atoms with Crippen LogP contribution in [0.5, 0.6) is 0 Å². The summed E-state index contributed by atoms with van der Waals surface area (Å²) in [6, 6.07) is 21.8. The first-order valence-corrected chi connectivity index (χ1v) is 19.3. The molecular formula is C44H29BrF8N10O2. The van der Waals surface area contributed by atoms with Crippen LogP contribution in [0.3, 0.4) is 0 Å². The number of carbonyl (C=O) groups excluding carboxylic acids is 1. The molecule has 12 nitrogen and oxygen atoms in total. The zero-order valence-corrected chi connectivity index (χ0v) is 34.7. The molecule has 0 amide bonds. The van der Waals surface area contributed by atoms with Gasteiger partial charge in [-0.15, -0.1) is 13.2 Å². The summed E-state index contributed by atoms with van der Waals surface area (Å²) in [4.78, 5) is 11.2. The Labute approximate surface area is 370 Å². The summed E-state index contributed by atoms with van der Waals surface area (Å²) in [5.41, 5.74) is -3.20. The number of carbonyl (C=O) groups is 1. The number of hydrogen-bond acceptors (Lipinski definition) is 8. The van der Waals surface area contributed by atoms with Crippen LogP contribution in [0.2, 0.25) is 0 Å². The minimum absolute atomic E-state index is 0.0616. The summed E-state index contributed by atoms with van der Waals surface area (Å²) in [6.45, 7) is 7.75. The smallest absolute Gasteiger partial charge is 0.372 e. The SMILES string of the molecule is C=CCn1cc(Br)c(C#N)n1.C=CCn1cc(C(O)(c2ccc3c(cnn3-c3ccc(F)cc3)c2)C(F)(F)F)c(C#N)n1.O=C(c1ccc2c(cnn2-c2ccc(F)cc2)c1)C(F)(F)F. The molecule has 4 aromatic carbocycles. The monoisotopic (exact) mass is 960 g/mol. The number of Topliss-reactive ketones (excluding diaryl/α,β-unsaturated/α-hetero) is 1. The van der Waals surface area contributed by atoms with Gasteiger partial charge in [-0.25, -0.2) is 18.1 Å². The fourth-order valence-electron chi connectivity index (χ4n) is 6.34. The molecule has 8 rings (SSSR count). The highest BCUT2D eigenvalue weighted by atomic mass is 79.9. The Hall–Kier alpha value is -7.75. The van der Waals surface area contributed by atoms with E-state index >= 15 is 0 Å². The number of aromatic nitrogens is 8. The van der Waals surface area contributed by atoms with Crippen LogP contribution in [0.15, 0.2) is 139 Å². The number of aliphatic hydroxyl groups is 1. The van der Waals surface area contributed by atoms with Gasteiger partial charge in [-0.3, -0.25) is 14.2 Å². The van der Waals surface area contributed by atoms with Crippen molar-refractivity contribution in [3.8, 4) is 23.5 Å². The Morgan fingerprint density at radius 1 is 0.708 bits per heavy atom. The molecule has 1 N–H and O–H groups in total. The van der Waals surface area contributed by atoms with Crippen molar-refractivity contribution in [1.82, 2.24) is 39.1 Å². The topological polar surface area (TPSA) is 156 Å². The number of nitrogens with zero attached hydrogens (tertiary/aromatic N) is 10. The molecule has 1 unspecified atom stereocenters. The first-order chi connectivity index (χ1) is 30.8. The largest absolute Gasteiger partial charge is 0.454 e. The maximum atomic E-state index is 14.2. The molecule has 65 heavy (non-hydrogen) atoms. The molecule has 4 heterocycles. The van der Waals surface area contributed by atoms with E-state index in [0.717, 1.165) is 39.6 Å². The highest BCUT2D eigenvalue weighted by Crippen LogP contribution is 2.46. The Kier molecular flexibility index (Phi) is 13.6. The highest BCUT2D eigenvalue weighted by molar-refractivity contribution is 9.10. The molecule has 0 bridgehead atoms. The Morgan fingerprint density at radius 2 is 1.18 bits per heavy atom. The van der Waals surface area contributed by atoms with Crippen molar-refractivity contribution in [1.29, 1.82) is 10.5 Å². The number of benzene rings is 4. The zero-order valence-electron chi connectivity index (χ0n) is 33.1. The van der Waals surface area contributed by atoms with E-state index in [1.807, 2.05) is 6.07 Å². The predicted molar refractivity (Wildman–Crippen MR) is 223 cm³/mol. The number of halogens is 9. The molecule has 0 aliphatic rings. The molecule has 8 aromatic rings. The van der Waals surface area contributed by atoms with Crippen molar-refractivity contribution in [2.45, 2.75) is 31.0 Å². The van der Waals surface area contributed by atoms with E-state index in [0.29, 0.717) is 45.4 Å². The highest BCUT2D eigenvalue weighted by Gasteiger charge is 2.58. The lowest BCUT2D eigenvalue weighted by Gasteiger charge is -2.30. The van der Waals surface area contributed by atoms with Crippen LogP contribution in [-0.2, 0) is 18.7 Å². The molecule has 0 radical (unpaired) electrons. The van der Waals surface area contributed by atoms with Gasteiger partial charge in [0.2, 0.25) is 5.60 Å². The van der Waals surface area contributed by atoms with E-state index in [2.05, 4.69) is 49.5 Å². The molecule has 0 fully saturated rings. The lowest BCUT2D eigenvalue weighted by Crippen LogP contribution is -2.43. The quantitative estimate of drug-likeness (QED) is 0.0852. The van der Waals surface area contributed by atoms with Crippen molar-refractivity contribution in [3.63, 3.8) is 0 Å². The van der Waals surface area contributed by atoms with Crippen molar-refractivity contribution in [2.75, 3.05) is 0 Å². The average Bonchev–Trinajstić information content (AvgIpc) is 4.08. The number of alkyl halides is 6. The first-order valence-electron chi connectivity index (χ1n) is 18.5. The van der Waals surface area contributed by atoms with Gasteiger partial charge in [0.05, 0.1) is 57.9 Å². The zero-order chi connectivity index (χ0) is 47.3. The van der Waals surface area contributed by atoms with Crippen LogP contribution < -0.4 is 0 Å². The molecule has 0 aliphatic heterocycles. The molecule has 0 saturated carbocycles. The van der Waals surface area contributed by atoms with Crippen LogP contribution in [0, 0.1) is 34.3 Å². The molecule has 330 valence electrons. The fourth-order valence-corrected chi connectivity index (χ4v) is 6.74. The predicted octanol–water partition coefficient (Wildman–Crippen LogP) is 9.83. The van der Waals surface area contributed by atoms with Gasteiger partial charge in [-0.1, -0.05) is 18.2 Å². The second-order valence-corrected chi connectivity index (χ2v) is 14.5. The molecule has 21 heteroatoms. The van der Waals surface area contributed by atoms with Crippen LogP contribution in [-0.4, -0.2) is 62.4 Å². The van der Waals surface area contributed by atoms with Gasteiger partial charge < -0.3 is 5.11 Å². The number of hydrogen-bond donors (Lipinski definition) is 1. The van der Waals surface area contributed by atoms with Gasteiger partial charge in [0.25, 0.3) is 5.78 Å². The summed E-state index contributed by atoms with van der Waals surface area (Å²) in [5.74, 6) is -2.74. The van der Waals surface area contributed by atoms with Gasteiger partial charge in [-0.2, -0.15) is 57.3 Å². The third-order valence-corrected chi connectivity index (χ3v) is 9.92. The van der Waals surface area contributed by atoms with E-state index in [-0.39, 0.29) is 6.54 Å². The summed E-state index contributed by atoms with van der Waals surface area (Å²) < 4.78 is 112. The standard InChI is InChI=1S/C22H15F4N5O.C15H8F4N2O.C7H6BrN3/c1-2-9-30-13-18(19(11-27)29-30)21(32,22(24,25)26)15-3-8-20-14(10-15)12-28-31(20)17-6-4-16(23)5-7-17;16-11-2-4-12(5-3-11)21-13-6-1-9(7-10(13)8-20-21)14(22)15(17,18)19;1-2-3-11-5-6(8)7(4-9)10-11/h2-8,10,12-13,32H,1,9H2;1-8H;2,5H,1,3H2. The number of ketones is 1. The van der Waals surface area contributed by atoms with Crippen molar-refractivity contribution in [2.24, 2.45) is 0 Å². The molecule has 0 saturated heterocycles. The van der Waals surface area contributed by atoms with Gasteiger partial charge in [0.15, 0.2) is 11.4 Å². The normalized spacial score (nSPS) is 12.2. The van der Waals surface area contributed by atoms with Crippen LogP contribution in [0.1, 0.15) is 32.9 Å². The summed E-state index contributed by atoms with van der Waals surface area (Å²) in [5, 5.41) is 45.5. The van der Waals surface area contributed by atoms with Crippen molar-refractivity contribution >= 4 is 43.5 Å². The third-order valence-electron chi connectivity index (χ3n) is 9.34. The van der Waals surface area contributed by atoms with E-state index in [4.69, 9.17) is 5.26 Å². The van der Waals surface area contributed by atoms with E-state index < -0.39 is 57.8 Å². The van der Waals surface area contributed by atoms with Crippen molar-refractivity contribution < 1.29 is 45.0 Å². The number of nitriles is 2. The van der Waals surface area contributed by atoms with Crippen LogP contribution in [0.4, 0.5) is 35.1 Å². The van der Waals surface area contributed by atoms with Gasteiger partial charge in [0, 0.05) is 28.7 Å². The lowest BCUT2D eigenvalue weighted by atomic mass is 9.85. The summed E-state index contributed by atoms with van der Waals surface area (Å²) >= 11 is 3.21. The molecule has 4 aromatic heterocycles. The average molecular weight is 962 g/mol.